The highest BCUT2D eigenvalue weighted by molar-refractivity contribution is 7.98. The molecule has 122 valence electrons. The molecule has 0 spiro atoms. The third-order valence-electron chi connectivity index (χ3n) is 4.20. The minimum Gasteiger partial charge on any atom is -0.384 e. The smallest absolute Gasteiger partial charge is 0.189 e. The van der Waals surface area contributed by atoms with Crippen molar-refractivity contribution in [2.45, 2.75) is 23.6 Å². The van der Waals surface area contributed by atoms with Gasteiger partial charge in [0, 0.05) is 19.3 Å². The van der Waals surface area contributed by atoms with Gasteiger partial charge in [0.1, 0.15) is 11.4 Å². The molecule has 1 aromatic rings. The van der Waals surface area contributed by atoms with Crippen LogP contribution in [0.15, 0.2) is 17.4 Å². The lowest BCUT2D eigenvalue weighted by Gasteiger charge is -2.34. The van der Waals surface area contributed by atoms with Crippen LogP contribution in [0.5, 0.6) is 0 Å². The Hall–Kier alpha value is -0.890. The van der Waals surface area contributed by atoms with Gasteiger partial charge in [-0.05, 0) is 38.3 Å². The average molecular weight is 324 g/mol. The number of ether oxygens (including phenoxy) is 1. The molecule has 0 saturated carbocycles. The minimum atomic E-state index is -0.842. The van der Waals surface area contributed by atoms with Crippen LogP contribution in [0.1, 0.15) is 12.8 Å². The van der Waals surface area contributed by atoms with Crippen LogP contribution < -0.4 is 4.90 Å². The van der Waals surface area contributed by atoms with E-state index in [0.717, 1.165) is 30.6 Å². The number of anilines is 1. The van der Waals surface area contributed by atoms with Crippen molar-refractivity contribution in [1.29, 1.82) is 0 Å². The molecule has 0 aliphatic carbocycles. The summed E-state index contributed by atoms with van der Waals surface area (Å²) in [4.78, 5) is 13.2. The number of hydrogen-bond donors (Lipinski definition) is 1. The Morgan fingerprint density at radius 2 is 2.18 bits per heavy atom. The zero-order valence-corrected chi connectivity index (χ0v) is 13.9. The lowest BCUT2D eigenvalue weighted by Crippen LogP contribution is -2.52. The molecular formula is C15H24N4O2S. The van der Waals surface area contributed by atoms with Crippen LogP contribution in [0.4, 0.5) is 5.82 Å². The summed E-state index contributed by atoms with van der Waals surface area (Å²) < 4.78 is 5.66. The van der Waals surface area contributed by atoms with Gasteiger partial charge in [-0.3, -0.25) is 0 Å². The van der Waals surface area contributed by atoms with E-state index >= 15 is 0 Å². The van der Waals surface area contributed by atoms with Gasteiger partial charge in [0.05, 0.1) is 19.8 Å². The van der Waals surface area contributed by atoms with Crippen LogP contribution in [0, 0.1) is 0 Å². The van der Waals surface area contributed by atoms with E-state index in [2.05, 4.69) is 19.8 Å². The van der Waals surface area contributed by atoms with E-state index in [1.54, 1.807) is 6.20 Å². The summed E-state index contributed by atoms with van der Waals surface area (Å²) in [6.07, 6.45) is 6.20. The topological polar surface area (TPSA) is 61.7 Å². The van der Waals surface area contributed by atoms with Crippen LogP contribution in [-0.4, -0.2) is 77.8 Å². The fourth-order valence-electron chi connectivity index (χ4n) is 3.17. The van der Waals surface area contributed by atoms with Crippen molar-refractivity contribution in [2.24, 2.45) is 0 Å². The lowest BCUT2D eigenvalue weighted by atomic mass is 10.0. The standard InChI is InChI=1S/C15H24N4O2S/c1-22-14-16-5-4-13(17-14)19-8-9-21-12-15(20,11-19)10-18-6-2-3-7-18/h4-5,20H,2-3,6-12H2,1H3/t15-/m0/s1. The fourth-order valence-corrected chi connectivity index (χ4v) is 3.52. The summed E-state index contributed by atoms with van der Waals surface area (Å²) in [6, 6.07) is 1.90. The minimum absolute atomic E-state index is 0.389. The molecule has 22 heavy (non-hydrogen) atoms. The highest BCUT2D eigenvalue weighted by atomic mass is 32.2. The van der Waals surface area contributed by atoms with Crippen LogP contribution >= 0.6 is 11.8 Å². The number of hydrogen-bond acceptors (Lipinski definition) is 7. The molecule has 0 aromatic carbocycles. The molecule has 2 fully saturated rings. The number of β-amino-alcohol motifs (C(OH)–C–C–N with tert-alkyl or cyclic N) is 1. The fraction of sp³-hybridized carbons (Fsp3) is 0.733. The summed E-state index contributed by atoms with van der Waals surface area (Å²) in [5.41, 5.74) is -0.842. The Morgan fingerprint density at radius 3 is 2.95 bits per heavy atom. The molecule has 0 amide bonds. The molecule has 1 N–H and O–H groups in total. The SMILES string of the molecule is CSc1nccc(N2CCOC[C@](O)(CN3CCCC3)C2)n1. The van der Waals surface area contributed by atoms with Crippen molar-refractivity contribution in [1.82, 2.24) is 14.9 Å². The second-order valence-electron chi connectivity index (χ2n) is 6.08. The Bertz CT molecular complexity index is 498. The maximum Gasteiger partial charge on any atom is 0.189 e. The van der Waals surface area contributed by atoms with Crippen LogP contribution in [-0.2, 0) is 4.74 Å². The van der Waals surface area contributed by atoms with Crippen molar-refractivity contribution in [3.8, 4) is 0 Å². The summed E-state index contributed by atoms with van der Waals surface area (Å²) >= 11 is 1.53. The van der Waals surface area contributed by atoms with Gasteiger partial charge in [-0.15, -0.1) is 0 Å². The quantitative estimate of drug-likeness (QED) is 0.651. The predicted octanol–water partition coefficient (Wildman–Crippen LogP) is 0.862. The van der Waals surface area contributed by atoms with Gasteiger partial charge >= 0.3 is 0 Å². The van der Waals surface area contributed by atoms with Gasteiger partial charge in [0.25, 0.3) is 0 Å². The molecule has 6 nitrogen and oxygen atoms in total. The van der Waals surface area contributed by atoms with Crippen molar-refractivity contribution in [3.63, 3.8) is 0 Å². The van der Waals surface area contributed by atoms with E-state index in [1.807, 2.05) is 12.3 Å². The van der Waals surface area contributed by atoms with Crippen LogP contribution in [0.2, 0.25) is 0 Å². The third-order valence-corrected chi connectivity index (χ3v) is 4.77. The highest BCUT2D eigenvalue weighted by Gasteiger charge is 2.35. The van der Waals surface area contributed by atoms with E-state index in [1.165, 1.54) is 24.6 Å². The Morgan fingerprint density at radius 1 is 1.36 bits per heavy atom. The number of thioether (sulfide) groups is 1. The lowest BCUT2D eigenvalue weighted by molar-refractivity contribution is -0.0439. The molecule has 2 aliphatic rings. The molecule has 3 rings (SSSR count). The molecule has 0 bridgehead atoms. The Labute approximate surface area is 135 Å². The molecule has 2 saturated heterocycles. The first-order valence-corrected chi connectivity index (χ1v) is 9.05. The number of aliphatic hydroxyl groups is 1. The van der Waals surface area contributed by atoms with Crippen molar-refractivity contribution < 1.29 is 9.84 Å². The molecule has 0 radical (unpaired) electrons. The van der Waals surface area contributed by atoms with Crippen LogP contribution in [0.25, 0.3) is 0 Å². The van der Waals surface area contributed by atoms with E-state index in [-0.39, 0.29) is 0 Å². The second kappa shape index (κ2) is 7.12. The monoisotopic (exact) mass is 324 g/mol. The Balaban J connectivity index is 1.73. The van der Waals surface area contributed by atoms with E-state index in [9.17, 15) is 5.11 Å². The van der Waals surface area contributed by atoms with Crippen molar-refractivity contribution >= 4 is 17.6 Å². The second-order valence-corrected chi connectivity index (χ2v) is 6.86. The molecule has 7 heteroatoms. The normalized spacial score (nSPS) is 27.1. The van der Waals surface area contributed by atoms with Gasteiger partial charge in [0.15, 0.2) is 5.16 Å². The number of nitrogens with zero attached hydrogens (tertiary/aromatic N) is 4. The maximum atomic E-state index is 11.0. The zero-order chi connectivity index (χ0) is 15.4. The van der Waals surface area contributed by atoms with Gasteiger partial charge in [-0.2, -0.15) is 0 Å². The predicted molar refractivity (Wildman–Crippen MR) is 87.5 cm³/mol. The summed E-state index contributed by atoms with van der Waals surface area (Å²) in [5, 5.41) is 11.8. The average Bonchev–Trinajstić information content (AvgIpc) is 2.95. The van der Waals surface area contributed by atoms with Crippen molar-refractivity contribution in [3.05, 3.63) is 12.3 Å². The molecular weight excluding hydrogens is 300 g/mol. The van der Waals surface area contributed by atoms with Crippen molar-refractivity contribution in [2.75, 3.05) is 57.1 Å². The van der Waals surface area contributed by atoms with Gasteiger partial charge < -0.3 is 19.6 Å². The van der Waals surface area contributed by atoms with E-state index in [4.69, 9.17) is 4.74 Å². The molecule has 1 aromatic heterocycles. The summed E-state index contributed by atoms with van der Waals surface area (Å²) in [7, 11) is 0. The molecule has 3 heterocycles. The first-order chi connectivity index (χ1) is 10.7. The molecule has 2 aliphatic heterocycles. The van der Waals surface area contributed by atoms with Gasteiger partial charge in [-0.1, -0.05) is 11.8 Å². The Kier molecular flexibility index (Phi) is 5.18. The first-order valence-electron chi connectivity index (χ1n) is 7.83. The highest BCUT2D eigenvalue weighted by Crippen LogP contribution is 2.22. The van der Waals surface area contributed by atoms with E-state index < -0.39 is 5.60 Å². The van der Waals surface area contributed by atoms with Gasteiger partial charge in [-0.25, -0.2) is 9.97 Å². The van der Waals surface area contributed by atoms with E-state index in [0.29, 0.717) is 26.3 Å². The molecule has 0 unspecified atom stereocenters. The first kappa shape index (κ1) is 16.0. The third kappa shape index (κ3) is 3.90. The molecule has 1 atom stereocenters. The number of likely N-dealkylation sites (tertiary alicyclic amines) is 1. The number of rotatable bonds is 4. The maximum absolute atomic E-state index is 11.0. The number of aromatic nitrogens is 2. The summed E-state index contributed by atoms with van der Waals surface area (Å²) in [6.45, 7) is 5.12. The summed E-state index contributed by atoms with van der Waals surface area (Å²) in [5.74, 6) is 0.865. The zero-order valence-electron chi connectivity index (χ0n) is 13.1. The largest absolute Gasteiger partial charge is 0.384 e. The van der Waals surface area contributed by atoms with Gasteiger partial charge in [0.2, 0.25) is 0 Å². The van der Waals surface area contributed by atoms with Crippen LogP contribution in [0.3, 0.4) is 0 Å².